The number of ether oxygens (including phenoxy) is 2. The zero-order chi connectivity index (χ0) is 66.4. The molecule has 3 heterocycles. The fraction of sp³-hybridized carbons (Fsp3) is 0.319. The summed E-state index contributed by atoms with van der Waals surface area (Å²) in [5.41, 5.74) is 40.9. The summed E-state index contributed by atoms with van der Waals surface area (Å²) >= 11 is 0. The summed E-state index contributed by atoms with van der Waals surface area (Å²) in [4.78, 5) is 23.9. The molecule has 10 aromatic carbocycles. The maximum absolute atomic E-state index is 12.1. The quantitative estimate of drug-likeness (QED) is 0.164. The number of rotatable bonds is 0. The molecule has 5 heteroatoms. The maximum atomic E-state index is 12.1. The summed E-state index contributed by atoms with van der Waals surface area (Å²) in [6.07, 6.45) is 13.2. The van der Waals surface area contributed by atoms with E-state index in [9.17, 15) is 9.59 Å². The van der Waals surface area contributed by atoms with E-state index in [1.165, 1.54) is 167 Å². The van der Waals surface area contributed by atoms with Crippen LogP contribution in [0.5, 0.6) is 11.5 Å². The van der Waals surface area contributed by atoms with Gasteiger partial charge in [0.05, 0.1) is 0 Å². The summed E-state index contributed by atoms with van der Waals surface area (Å²) in [5.74, 6) is 2.68. The number of hydrogen-bond acceptors (Lipinski definition) is 5. The van der Waals surface area contributed by atoms with Crippen LogP contribution in [0.2, 0.25) is 0 Å². The van der Waals surface area contributed by atoms with Crippen LogP contribution in [-0.2, 0) is 40.7 Å². The molecule has 2 saturated carbocycles. The Morgan fingerprint density at radius 1 is 0.312 bits per heavy atom. The van der Waals surface area contributed by atoms with Crippen molar-refractivity contribution in [2.75, 3.05) is 13.1 Å². The fourth-order valence-corrected chi connectivity index (χ4v) is 18.3. The number of ketones is 2. The molecule has 6 aliphatic carbocycles. The van der Waals surface area contributed by atoms with Gasteiger partial charge in [-0.05, 0) is 234 Å². The standard InChI is InChI=1S/C20H20O.C20H22.C19H21N.C16H14O2.C16H14O.H2/c1-13-3-5-16-17-6-4-14(2)12-19(17)20(18(16)11-13)9-7-15(21)8-10-20;1-14-6-8-16-17-9-7-15(2)13-19(17)20(18(16)12-14)10-4-3-5-11-20;1-13-3-5-15-16-6-4-14(2)12-18(16)19(17(15)11-13)7-9-20-10-8-19;1-9-3-11-7-18-14-6-10(2)4-12-8-17-13(5-9)15(11)16(12)14;1-10-3-5-13-12(7-10)9-16(17)15-8-11(2)4-6-14(13)15;/h3-6,11-12H,7-10H2,1-2H3;6-9,12-13H,3-5,10-11H2,1-2H3;3-6,11-12,20H,7-10H2,1-2H3;3-6H,7-8H2,1-2H3;3-8H,9H2,1-2H3;1H. The molecule has 3 fully saturated rings. The van der Waals surface area contributed by atoms with Crippen LogP contribution in [0.15, 0.2) is 170 Å². The van der Waals surface area contributed by atoms with Gasteiger partial charge < -0.3 is 14.8 Å². The van der Waals surface area contributed by atoms with Gasteiger partial charge in [0.2, 0.25) is 0 Å². The van der Waals surface area contributed by atoms with Crippen molar-refractivity contribution in [3.63, 3.8) is 0 Å². The van der Waals surface area contributed by atoms with Gasteiger partial charge in [0.25, 0.3) is 0 Å². The molecule has 10 aromatic rings. The number of carbonyl (C=O) groups excluding carboxylic acids is 2. The minimum absolute atomic E-state index is 0. The Kier molecular flexibility index (Phi) is 16.4. The van der Waals surface area contributed by atoms with E-state index < -0.39 is 0 Å². The highest BCUT2D eigenvalue weighted by atomic mass is 16.5. The Bertz CT molecular complexity index is 4420. The van der Waals surface area contributed by atoms with E-state index in [-0.39, 0.29) is 18.0 Å². The lowest BCUT2D eigenvalue weighted by molar-refractivity contribution is -0.121. The number of nitrogens with one attached hydrogen (secondary N) is 1. The highest BCUT2D eigenvalue weighted by Crippen LogP contribution is 2.59. The topological polar surface area (TPSA) is 64.6 Å². The van der Waals surface area contributed by atoms with Crippen LogP contribution < -0.4 is 14.8 Å². The van der Waals surface area contributed by atoms with E-state index in [1.807, 2.05) is 13.0 Å². The Morgan fingerprint density at radius 3 is 1.03 bits per heavy atom. The number of Topliss-reactive ketones (excluding diaryl/α,β-unsaturated/α-hetero) is 2. The zero-order valence-corrected chi connectivity index (χ0v) is 58.1. The van der Waals surface area contributed by atoms with E-state index in [1.54, 1.807) is 22.3 Å². The van der Waals surface area contributed by atoms with Gasteiger partial charge >= 0.3 is 0 Å². The van der Waals surface area contributed by atoms with Crippen molar-refractivity contribution in [1.29, 1.82) is 0 Å². The molecule has 0 amide bonds. The first kappa shape index (κ1) is 63.2. The minimum atomic E-state index is 0. The minimum Gasteiger partial charge on any atom is -0.488 e. The third-order valence-corrected chi connectivity index (χ3v) is 22.9. The molecular formula is C91H93NO4. The third-order valence-electron chi connectivity index (χ3n) is 22.9. The Morgan fingerprint density at radius 2 is 0.635 bits per heavy atom. The maximum Gasteiger partial charge on any atom is 0.167 e. The molecule has 96 heavy (non-hydrogen) atoms. The van der Waals surface area contributed by atoms with Crippen LogP contribution in [0.25, 0.3) is 55.6 Å². The van der Waals surface area contributed by atoms with Crippen LogP contribution in [-0.4, -0.2) is 24.7 Å². The number of piperidine rings is 1. The van der Waals surface area contributed by atoms with Gasteiger partial charge in [-0.1, -0.05) is 215 Å². The molecule has 5 nitrogen and oxygen atoms in total. The van der Waals surface area contributed by atoms with Gasteiger partial charge in [-0.25, -0.2) is 0 Å². The molecule has 3 spiro atoms. The molecule has 9 aliphatic rings. The number of carbonyl (C=O) groups is 2. The first-order chi connectivity index (χ1) is 46.4. The van der Waals surface area contributed by atoms with Crippen LogP contribution in [0.3, 0.4) is 0 Å². The third kappa shape index (κ3) is 11.1. The van der Waals surface area contributed by atoms with Crippen molar-refractivity contribution in [1.82, 2.24) is 5.32 Å². The lowest BCUT2D eigenvalue weighted by atomic mass is 9.67. The summed E-state index contributed by atoms with van der Waals surface area (Å²) < 4.78 is 11.8. The molecule has 0 atom stereocenters. The van der Waals surface area contributed by atoms with Gasteiger partial charge in [0, 0.05) is 64.8 Å². The van der Waals surface area contributed by atoms with Crippen LogP contribution >= 0.6 is 0 Å². The number of fused-ring (bicyclic) bond motifs is 18. The van der Waals surface area contributed by atoms with Crippen molar-refractivity contribution in [2.45, 2.75) is 176 Å². The highest BCUT2D eigenvalue weighted by Gasteiger charge is 2.47. The van der Waals surface area contributed by atoms with Gasteiger partial charge in [0.15, 0.2) is 5.78 Å². The second kappa shape index (κ2) is 24.9. The predicted molar refractivity (Wildman–Crippen MR) is 397 cm³/mol. The SMILES string of the molecule is Cc1cc2c3c(c1)OCc1cc(C)cc(c1-3)OC2.Cc1ccc2c(c1)C1(CCC(=O)CC1)c1cc(C)ccc1-2.Cc1ccc2c(c1)C1(CCCCC1)c1cc(C)ccc1-2.Cc1ccc2c(c1)C1(CCNCC1)c1cc(C)ccc1-2.Cc1ccc2c(c1)CC(=O)c1cc(C)ccc1-2.[HH]. The zero-order valence-electron chi connectivity index (χ0n) is 58.1. The second-order valence-corrected chi connectivity index (χ2v) is 29.9. The van der Waals surface area contributed by atoms with Crippen LogP contribution in [0, 0.1) is 69.2 Å². The highest BCUT2D eigenvalue weighted by molar-refractivity contribution is 6.07. The average Bonchev–Trinajstić information content (AvgIpc) is 1.59. The number of hydrogen-bond donors (Lipinski definition) is 1. The normalized spacial score (nSPS) is 17.0. The monoisotopic (exact) mass is 1260 g/mol. The van der Waals surface area contributed by atoms with Crippen molar-refractivity contribution in [2.24, 2.45) is 0 Å². The van der Waals surface area contributed by atoms with E-state index in [2.05, 4.69) is 231 Å². The molecule has 1 saturated heterocycles. The van der Waals surface area contributed by atoms with E-state index >= 15 is 0 Å². The average molecular weight is 1260 g/mol. The van der Waals surface area contributed by atoms with Crippen molar-refractivity contribution in [3.05, 3.63) is 281 Å². The smallest absolute Gasteiger partial charge is 0.167 e. The Labute approximate surface area is 571 Å². The number of benzene rings is 10. The van der Waals surface area contributed by atoms with Crippen molar-refractivity contribution < 1.29 is 20.5 Å². The van der Waals surface area contributed by atoms with E-state index in [0.29, 0.717) is 30.8 Å². The Balaban J connectivity index is 0.000000104. The van der Waals surface area contributed by atoms with Gasteiger partial charge in [-0.15, -0.1) is 0 Å². The Hall–Kier alpha value is -8.90. The number of aryl methyl sites for hydroxylation is 10. The largest absolute Gasteiger partial charge is 0.488 e. The first-order valence-corrected chi connectivity index (χ1v) is 35.6. The van der Waals surface area contributed by atoms with Crippen molar-refractivity contribution in [3.8, 4) is 67.1 Å². The summed E-state index contributed by atoms with van der Waals surface area (Å²) in [5, 5.41) is 3.53. The molecule has 0 radical (unpaired) electrons. The summed E-state index contributed by atoms with van der Waals surface area (Å²) in [7, 11) is 0. The molecule has 486 valence electrons. The van der Waals surface area contributed by atoms with Gasteiger partial charge in [0.1, 0.15) is 30.5 Å². The fourth-order valence-electron chi connectivity index (χ4n) is 18.3. The second-order valence-electron chi connectivity index (χ2n) is 29.9. The molecule has 3 aliphatic heterocycles. The van der Waals surface area contributed by atoms with Crippen LogP contribution in [0.4, 0.5) is 0 Å². The van der Waals surface area contributed by atoms with E-state index in [0.717, 1.165) is 72.5 Å². The molecule has 0 unspecified atom stereocenters. The van der Waals surface area contributed by atoms with Crippen molar-refractivity contribution >= 4 is 11.6 Å². The van der Waals surface area contributed by atoms with Gasteiger partial charge in [-0.2, -0.15) is 0 Å². The van der Waals surface area contributed by atoms with E-state index in [4.69, 9.17) is 9.47 Å². The first-order valence-electron chi connectivity index (χ1n) is 35.6. The lowest BCUT2D eigenvalue weighted by Crippen LogP contribution is -2.39. The molecule has 0 aromatic heterocycles. The summed E-state index contributed by atoms with van der Waals surface area (Å²) in [6.45, 7) is 25.0. The van der Waals surface area contributed by atoms with Gasteiger partial charge in [-0.3, -0.25) is 9.59 Å². The molecule has 19 rings (SSSR count). The van der Waals surface area contributed by atoms with Crippen LogP contribution in [0.1, 0.15) is 188 Å². The lowest BCUT2D eigenvalue weighted by Gasteiger charge is -2.36. The predicted octanol–water partition coefficient (Wildman–Crippen LogP) is 21.9. The molecule has 0 bridgehead atoms. The summed E-state index contributed by atoms with van der Waals surface area (Å²) in [6, 6.07) is 62.9. The molecular weight excluding hydrogens is 1170 g/mol. The molecule has 1 N–H and O–H groups in total.